The molecular formula is C13H18O5. The second-order valence-electron chi connectivity index (χ2n) is 3.75. The molecule has 1 aromatic carbocycles. The van der Waals surface area contributed by atoms with Gasteiger partial charge in [-0.05, 0) is 17.7 Å². The number of phenolic OH excluding ortho intramolecular Hbond substituents is 1. The molecule has 0 fully saturated rings. The highest BCUT2D eigenvalue weighted by molar-refractivity contribution is 5.74. The highest BCUT2D eigenvalue weighted by Gasteiger charge is 2.20. The number of hydrogen-bond donors (Lipinski definition) is 1. The van der Waals surface area contributed by atoms with Crippen LogP contribution in [0.5, 0.6) is 5.75 Å². The van der Waals surface area contributed by atoms with Gasteiger partial charge in [0.25, 0.3) is 0 Å². The van der Waals surface area contributed by atoms with Crippen LogP contribution in [0, 0.1) is 0 Å². The summed E-state index contributed by atoms with van der Waals surface area (Å²) in [7, 11) is 2.89. The zero-order chi connectivity index (χ0) is 13.4. The van der Waals surface area contributed by atoms with Crippen molar-refractivity contribution in [2.45, 2.75) is 12.5 Å². The second-order valence-corrected chi connectivity index (χ2v) is 3.75. The maximum Gasteiger partial charge on any atom is 0.335 e. The van der Waals surface area contributed by atoms with Crippen molar-refractivity contribution in [2.75, 3.05) is 27.4 Å². The van der Waals surface area contributed by atoms with Gasteiger partial charge in [-0.3, -0.25) is 0 Å². The van der Waals surface area contributed by atoms with Gasteiger partial charge >= 0.3 is 5.97 Å². The molecule has 0 aliphatic heterocycles. The van der Waals surface area contributed by atoms with Gasteiger partial charge in [-0.25, -0.2) is 4.79 Å². The number of carbonyl (C=O) groups excluding carboxylic acids is 1. The van der Waals surface area contributed by atoms with Crippen LogP contribution in [-0.2, 0) is 25.4 Å². The first-order valence-electron chi connectivity index (χ1n) is 5.63. The summed E-state index contributed by atoms with van der Waals surface area (Å²) in [5, 5.41) is 9.18. The molecule has 0 bridgehead atoms. The summed E-state index contributed by atoms with van der Waals surface area (Å²) in [6.07, 6.45) is -0.258. The van der Waals surface area contributed by atoms with Crippen LogP contribution in [0.2, 0.25) is 0 Å². The number of esters is 1. The predicted molar refractivity (Wildman–Crippen MR) is 65.4 cm³/mol. The highest BCUT2D eigenvalue weighted by Crippen LogP contribution is 2.13. The average Bonchev–Trinajstić information content (AvgIpc) is 2.39. The van der Waals surface area contributed by atoms with E-state index in [4.69, 9.17) is 9.47 Å². The summed E-state index contributed by atoms with van der Waals surface area (Å²) in [6, 6.07) is 6.62. The minimum atomic E-state index is -0.658. The molecule has 0 aliphatic carbocycles. The van der Waals surface area contributed by atoms with Crippen LogP contribution in [-0.4, -0.2) is 44.6 Å². The molecule has 0 saturated carbocycles. The Bertz CT molecular complexity index is 360. The normalized spacial score (nSPS) is 12.1. The lowest BCUT2D eigenvalue weighted by Gasteiger charge is -2.15. The van der Waals surface area contributed by atoms with Crippen LogP contribution in [0.25, 0.3) is 0 Å². The minimum absolute atomic E-state index is 0.189. The van der Waals surface area contributed by atoms with Crippen LogP contribution >= 0.6 is 0 Å². The van der Waals surface area contributed by atoms with Crippen molar-refractivity contribution in [3.63, 3.8) is 0 Å². The molecule has 5 nitrogen and oxygen atoms in total. The first-order valence-corrected chi connectivity index (χ1v) is 5.63. The fourth-order valence-electron chi connectivity index (χ4n) is 1.46. The van der Waals surface area contributed by atoms with Gasteiger partial charge in [-0.1, -0.05) is 12.1 Å². The number of benzene rings is 1. The van der Waals surface area contributed by atoms with Crippen LogP contribution in [0.3, 0.4) is 0 Å². The van der Waals surface area contributed by atoms with Gasteiger partial charge in [0.1, 0.15) is 5.75 Å². The van der Waals surface area contributed by atoms with Crippen LogP contribution in [0.1, 0.15) is 5.56 Å². The molecule has 0 radical (unpaired) electrons. The fourth-order valence-corrected chi connectivity index (χ4v) is 1.46. The molecule has 0 aliphatic rings. The molecule has 1 unspecified atom stereocenters. The van der Waals surface area contributed by atoms with Crippen molar-refractivity contribution in [1.82, 2.24) is 0 Å². The molecule has 0 saturated heterocycles. The maximum atomic E-state index is 11.5. The molecule has 0 aromatic heterocycles. The van der Waals surface area contributed by atoms with E-state index < -0.39 is 12.1 Å². The van der Waals surface area contributed by atoms with Gasteiger partial charge in [0, 0.05) is 13.5 Å². The Kier molecular flexibility index (Phi) is 6.18. The average molecular weight is 254 g/mol. The topological polar surface area (TPSA) is 65.0 Å². The molecule has 1 N–H and O–H groups in total. The lowest BCUT2D eigenvalue weighted by molar-refractivity contribution is -0.154. The zero-order valence-electron chi connectivity index (χ0n) is 10.6. The van der Waals surface area contributed by atoms with Crippen molar-refractivity contribution in [3.05, 3.63) is 29.8 Å². The van der Waals surface area contributed by atoms with Gasteiger partial charge < -0.3 is 19.3 Å². The molecule has 0 heterocycles. The van der Waals surface area contributed by atoms with E-state index in [1.54, 1.807) is 31.4 Å². The van der Waals surface area contributed by atoms with Crippen molar-refractivity contribution in [3.8, 4) is 5.75 Å². The second kappa shape index (κ2) is 7.68. The summed E-state index contributed by atoms with van der Waals surface area (Å²) in [5.74, 6) is -0.229. The Balaban J connectivity index is 2.59. The Labute approximate surface area is 106 Å². The SMILES string of the molecule is COCCOC(Cc1ccc(O)cc1)C(=O)OC. The van der Waals surface area contributed by atoms with Crippen molar-refractivity contribution in [2.24, 2.45) is 0 Å². The summed E-state index contributed by atoms with van der Waals surface area (Å²) >= 11 is 0. The van der Waals surface area contributed by atoms with E-state index in [0.717, 1.165) is 5.56 Å². The highest BCUT2D eigenvalue weighted by atomic mass is 16.6. The molecule has 5 heteroatoms. The Morgan fingerprint density at radius 2 is 1.89 bits per heavy atom. The predicted octanol–water partition coefficient (Wildman–Crippen LogP) is 1.14. The maximum absolute atomic E-state index is 11.5. The minimum Gasteiger partial charge on any atom is -0.508 e. The number of rotatable bonds is 7. The number of ether oxygens (including phenoxy) is 3. The fraction of sp³-hybridized carbons (Fsp3) is 0.462. The van der Waals surface area contributed by atoms with Gasteiger partial charge in [0.05, 0.1) is 20.3 Å². The lowest BCUT2D eigenvalue weighted by atomic mass is 10.1. The standard InChI is InChI=1S/C13H18O5/c1-16-7-8-18-12(13(15)17-2)9-10-3-5-11(14)6-4-10/h3-6,12,14H,7-9H2,1-2H3. The molecule has 1 aromatic rings. The third-order valence-electron chi connectivity index (χ3n) is 2.43. The number of phenols is 1. The van der Waals surface area contributed by atoms with Crippen molar-refractivity contribution >= 4 is 5.97 Å². The monoisotopic (exact) mass is 254 g/mol. The molecule has 1 atom stereocenters. The van der Waals surface area contributed by atoms with Crippen LogP contribution in [0.4, 0.5) is 0 Å². The number of methoxy groups -OCH3 is 2. The first kappa shape index (κ1) is 14.5. The Morgan fingerprint density at radius 1 is 1.22 bits per heavy atom. The molecule has 0 amide bonds. The molecule has 100 valence electrons. The first-order chi connectivity index (χ1) is 8.67. The van der Waals surface area contributed by atoms with E-state index >= 15 is 0 Å². The van der Waals surface area contributed by atoms with Gasteiger partial charge in [0.15, 0.2) is 6.10 Å². The largest absolute Gasteiger partial charge is 0.508 e. The third-order valence-corrected chi connectivity index (χ3v) is 2.43. The molecule has 1 rings (SSSR count). The van der Waals surface area contributed by atoms with E-state index in [1.165, 1.54) is 7.11 Å². The van der Waals surface area contributed by atoms with E-state index in [9.17, 15) is 9.90 Å². The van der Waals surface area contributed by atoms with Gasteiger partial charge in [-0.2, -0.15) is 0 Å². The summed E-state index contributed by atoms with van der Waals surface area (Å²) in [4.78, 5) is 11.5. The van der Waals surface area contributed by atoms with E-state index in [-0.39, 0.29) is 5.75 Å². The lowest BCUT2D eigenvalue weighted by Crippen LogP contribution is -2.29. The zero-order valence-corrected chi connectivity index (χ0v) is 10.6. The van der Waals surface area contributed by atoms with E-state index in [1.807, 2.05) is 0 Å². The molecule has 0 spiro atoms. The van der Waals surface area contributed by atoms with Crippen LogP contribution < -0.4 is 0 Å². The van der Waals surface area contributed by atoms with Gasteiger partial charge in [-0.15, -0.1) is 0 Å². The molecular weight excluding hydrogens is 236 g/mol. The third kappa shape index (κ3) is 4.73. The number of aromatic hydroxyl groups is 1. The smallest absolute Gasteiger partial charge is 0.335 e. The van der Waals surface area contributed by atoms with Gasteiger partial charge in [0.2, 0.25) is 0 Å². The van der Waals surface area contributed by atoms with E-state index in [2.05, 4.69) is 4.74 Å². The summed E-state index contributed by atoms with van der Waals surface area (Å²) in [5.41, 5.74) is 0.889. The number of carbonyl (C=O) groups is 1. The van der Waals surface area contributed by atoms with Crippen LogP contribution in [0.15, 0.2) is 24.3 Å². The molecule has 18 heavy (non-hydrogen) atoms. The Hall–Kier alpha value is -1.59. The van der Waals surface area contributed by atoms with Crippen molar-refractivity contribution < 1.29 is 24.1 Å². The van der Waals surface area contributed by atoms with E-state index in [0.29, 0.717) is 19.6 Å². The summed E-state index contributed by atoms with van der Waals surface area (Å²) in [6.45, 7) is 0.747. The Morgan fingerprint density at radius 3 is 2.44 bits per heavy atom. The quantitative estimate of drug-likeness (QED) is 0.584. The van der Waals surface area contributed by atoms with Crippen molar-refractivity contribution in [1.29, 1.82) is 0 Å². The summed E-state index contributed by atoms with van der Waals surface area (Å²) < 4.78 is 15.0. The number of hydrogen-bond acceptors (Lipinski definition) is 5.